The molecule has 0 aliphatic carbocycles. The number of sulfonamides is 1. The summed E-state index contributed by atoms with van der Waals surface area (Å²) >= 11 is 6.90. The molecule has 1 aromatic carbocycles. The lowest BCUT2D eigenvalue weighted by Crippen LogP contribution is -2.36. The minimum absolute atomic E-state index is 0.0420. The third-order valence-corrected chi connectivity index (χ3v) is 6.18. The number of rotatable bonds is 3. The van der Waals surface area contributed by atoms with Crippen LogP contribution in [0.4, 0.5) is 10.2 Å². The van der Waals surface area contributed by atoms with Crippen LogP contribution < -0.4 is 9.04 Å². The molecule has 1 N–H and O–H groups in total. The summed E-state index contributed by atoms with van der Waals surface area (Å²) in [5.41, 5.74) is -0.479. The molecule has 0 atom stereocenters. The Labute approximate surface area is 153 Å². The van der Waals surface area contributed by atoms with Gasteiger partial charge in [-0.25, -0.2) is 17.1 Å². The maximum atomic E-state index is 14.6. The first-order chi connectivity index (χ1) is 12.3. The number of terminal acetylenes is 1. The Morgan fingerprint density at radius 1 is 1.60 bits per heavy atom. The van der Waals surface area contributed by atoms with Crippen molar-refractivity contribution in [1.82, 2.24) is 4.37 Å². The number of nitrogens with zero attached hydrogens (tertiary/aromatic N) is 2. The second kappa shape index (κ2) is 6.22. The molecule has 0 bridgehead atoms. The van der Waals surface area contributed by atoms with Gasteiger partial charge in [0.25, 0.3) is 10.0 Å². The molecule has 0 fully saturated rings. The van der Waals surface area contributed by atoms with E-state index in [1.807, 2.05) is 0 Å². The molecule has 2 aromatic rings. The Kier molecular flexibility index (Phi) is 4.03. The van der Waals surface area contributed by atoms with Crippen LogP contribution in [0, 0.1) is 18.2 Å². The fourth-order valence-corrected chi connectivity index (χ4v) is 4.99. The number of benzene rings is 1. The monoisotopic (exact) mass is 401 g/mol. The van der Waals surface area contributed by atoms with Gasteiger partial charge in [-0.05, 0) is 23.7 Å². The summed E-state index contributed by atoms with van der Waals surface area (Å²) in [5, 5.41) is 11.9. The SMILES string of the molecule is [2H]COc1c(Cl)ccc(F)c1C1=C(O)c2csnc2N(CC#C)S1(=O)=O. The first kappa shape index (κ1) is 16.2. The van der Waals surface area contributed by atoms with Crippen LogP contribution in [0.5, 0.6) is 5.75 Å². The molecule has 0 saturated heterocycles. The minimum Gasteiger partial charge on any atom is -0.506 e. The Morgan fingerprint density at radius 3 is 3.04 bits per heavy atom. The van der Waals surface area contributed by atoms with E-state index in [1.54, 1.807) is 0 Å². The van der Waals surface area contributed by atoms with E-state index in [0.717, 1.165) is 28.0 Å². The Balaban J connectivity index is 2.40. The molecule has 2 heterocycles. The highest BCUT2D eigenvalue weighted by atomic mass is 35.5. The number of aliphatic hydroxyl groups is 1. The second-order valence-corrected chi connectivity index (χ2v) is 7.66. The third-order valence-electron chi connectivity index (χ3n) is 3.47. The molecule has 1 aromatic heterocycles. The zero-order chi connectivity index (χ0) is 19.1. The topological polar surface area (TPSA) is 79.7 Å². The average Bonchev–Trinajstić information content (AvgIpc) is 3.07. The van der Waals surface area contributed by atoms with Crippen molar-refractivity contribution in [3.8, 4) is 18.1 Å². The molecular formula is C15H10ClFN2O4S2. The van der Waals surface area contributed by atoms with Gasteiger partial charge >= 0.3 is 0 Å². The van der Waals surface area contributed by atoms with Crippen molar-refractivity contribution in [3.05, 3.63) is 39.5 Å². The zero-order valence-electron chi connectivity index (χ0n) is 13.4. The predicted octanol–water partition coefficient (Wildman–Crippen LogP) is 3.11. The summed E-state index contributed by atoms with van der Waals surface area (Å²) in [6.45, 7) is -0.368. The van der Waals surface area contributed by atoms with Gasteiger partial charge in [0.05, 0.1) is 31.2 Å². The Morgan fingerprint density at radius 2 is 2.36 bits per heavy atom. The quantitative estimate of drug-likeness (QED) is 0.799. The first-order valence-electron chi connectivity index (χ1n) is 7.29. The standard InChI is InChI=1S/C15H10ClFN2O4S2/c1-3-6-19-15-8(7-24-18-15)12(20)14(25(19,21)22)11-10(17)5-4-9(16)13(11)23-2/h1,4-5,7,20H,6H2,2H3/i2D. The van der Waals surface area contributed by atoms with Gasteiger partial charge < -0.3 is 9.84 Å². The average molecular weight is 402 g/mol. The fraction of sp³-hybridized carbons (Fsp3) is 0.133. The Hall–Kier alpha value is -2.28. The van der Waals surface area contributed by atoms with E-state index in [9.17, 15) is 17.9 Å². The molecule has 1 aliphatic heterocycles. The molecule has 10 heteroatoms. The number of ether oxygens (including phenoxy) is 1. The highest BCUT2D eigenvalue weighted by Crippen LogP contribution is 2.47. The van der Waals surface area contributed by atoms with Crippen molar-refractivity contribution >= 4 is 49.6 Å². The van der Waals surface area contributed by atoms with Gasteiger partial charge in [-0.2, -0.15) is 4.37 Å². The number of aromatic nitrogens is 1. The molecule has 0 spiro atoms. The lowest BCUT2D eigenvalue weighted by Gasteiger charge is -2.28. The van der Waals surface area contributed by atoms with Crippen molar-refractivity contribution in [2.45, 2.75) is 0 Å². The number of hydrogen-bond acceptors (Lipinski definition) is 6. The van der Waals surface area contributed by atoms with Gasteiger partial charge in [-0.3, -0.25) is 0 Å². The number of anilines is 1. The number of methoxy groups -OCH3 is 1. The molecule has 0 radical (unpaired) electrons. The van der Waals surface area contributed by atoms with E-state index in [4.69, 9.17) is 24.1 Å². The molecule has 1 aliphatic rings. The lowest BCUT2D eigenvalue weighted by molar-refractivity contribution is 0.409. The van der Waals surface area contributed by atoms with Crippen LogP contribution in [0.25, 0.3) is 10.7 Å². The van der Waals surface area contributed by atoms with E-state index in [0.29, 0.717) is 0 Å². The van der Waals surface area contributed by atoms with Crippen molar-refractivity contribution in [3.63, 3.8) is 0 Å². The van der Waals surface area contributed by atoms with Crippen LogP contribution in [0.3, 0.4) is 0 Å². The number of fused-ring (bicyclic) bond motifs is 1. The van der Waals surface area contributed by atoms with Crippen LogP contribution in [-0.4, -0.2) is 31.5 Å². The van der Waals surface area contributed by atoms with Gasteiger partial charge in [0.2, 0.25) is 0 Å². The molecule has 6 nitrogen and oxygen atoms in total. The molecular weight excluding hydrogens is 391 g/mol. The van der Waals surface area contributed by atoms with Crippen LogP contribution in [0.15, 0.2) is 17.5 Å². The Bertz CT molecular complexity index is 1060. The summed E-state index contributed by atoms with van der Waals surface area (Å²) in [6, 6.07) is 2.10. The van der Waals surface area contributed by atoms with E-state index in [1.165, 1.54) is 5.38 Å². The number of hydrogen-bond donors (Lipinski definition) is 1. The van der Waals surface area contributed by atoms with Crippen molar-refractivity contribution in [1.29, 1.82) is 0 Å². The summed E-state index contributed by atoms with van der Waals surface area (Å²) in [7, 11) is -5.10. The van der Waals surface area contributed by atoms with Crippen LogP contribution in [0.2, 0.25) is 5.02 Å². The van der Waals surface area contributed by atoms with Gasteiger partial charge in [-0.1, -0.05) is 17.5 Å². The summed E-state index contributed by atoms with van der Waals surface area (Å²) in [6.07, 6.45) is 5.25. The van der Waals surface area contributed by atoms with E-state index >= 15 is 0 Å². The molecule has 3 rings (SSSR count). The molecule has 130 valence electrons. The van der Waals surface area contributed by atoms with E-state index < -0.39 is 39.2 Å². The van der Waals surface area contributed by atoms with Crippen LogP contribution in [-0.2, 0) is 10.0 Å². The fourth-order valence-electron chi connectivity index (χ4n) is 2.42. The lowest BCUT2D eigenvalue weighted by atomic mass is 10.1. The predicted molar refractivity (Wildman–Crippen MR) is 94.6 cm³/mol. The van der Waals surface area contributed by atoms with Crippen molar-refractivity contribution in [2.75, 3.05) is 17.9 Å². The molecule has 25 heavy (non-hydrogen) atoms. The maximum absolute atomic E-state index is 14.6. The van der Waals surface area contributed by atoms with E-state index in [2.05, 4.69) is 10.3 Å². The van der Waals surface area contributed by atoms with E-state index in [-0.39, 0.29) is 28.7 Å². The second-order valence-electron chi connectivity index (χ2n) is 4.82. The summed E-state index contributed by atoms with van der Waals surface area (Å²) in [4.78, 5) is -0.746. The highest BCUT2D eigenvalue weighted by Gasteiger charge is 2.42. The van der Waals surface area contributed by atoms with Crippen LogP contribution >= 0.6 is 23.1 Å². The van der Waals surface area contributed by atoms with Crippen molar-refractivity contribution in [2.24, 2.45) is 0 Å². The van der Waals surface area contributed by atoms with Gasteiger partial charge in [0, 0.05) is 5.38 Å². The number of aliphatic hydroxyl groups excluding tert-OH is 1. The first-order valence-corrected chi connectivity index (χ1v) is 9.24. The largest absolute Gasteiger partial charge is 0.506 e. The summed E-state index contributed by atoms with van der Waals surface area (Å²) < 4.78 is 57.7. The molecule has 0 unspecified atom stereocenters. The van der Waals surface area contributed by atoms with Crippen molar-refractivity contribution < 1.29 is 24.0 Å². The molecule has 0 saturated carbocycles. The highest BCUT2D eigenvalue weighted by molar-refractivity contribution is 8.02. The summed E-state index contributed by atoms with van der Waals surface area (Å²) in [5.74, 6) is 0.112. The van der Waals surface area contributed by atoms with Gasteiger partial charge in [0.15, 0.2) is 5.82 Å². The third kappa shape index (κ3) is 2.54. The maximum Gasteiger partial charge on any atom is 0.270 e. The van der Waals surface area contributed by atoms with Crippen LogP contribution in [0.1, 0.15) is 12.5 Å². The smallest absolute Gasteiger partial charge is 0.270 e. The number of halogens is 2. The normalized spacial score (nSPS) is 16.2. The van der Waals surface area contributed by atoms with Gasteiger partial charge in [0.1, 0.15) is 22.2 Å². The minimum atomic E-state index is -4.47. The molecule has 0 amide bonds. The van der Waals surface area contributed by atoms with Gasteiger partial charge in [-0.15, -0.1) is 6.42 Å². The zero-order valence-corrected chi connectivity index (χ0v) is 14.8.